The third-order valence-corrected chi connectivity index (χ3v) is 6.91. The molecule has 0 saturated carbocycles. The number of rotatable bonds is 10. The Bertz CT molecular complexity index is 940. The molecule has 0 unspecified atom stereocenters. The molecule has 0 aromatic heterocycles. The summed E-state index contributed by atoms with van der Waals surface area (Å²) >= 11 is 0. The third-order valence-electron chi connectivity index (χ3n) is 5.45. The predicted molar refractivity (Wildman–Crippen MR) is 124 cm³/mol. The number of anilines is 1. The van der Waals surface area contributed by atoms with Crippen LogP contribution in [-0.4, -0.2) is 66.3 Å². The molecule has 0 amide bonds. The maximum Gasteiger partial charge on any atom is 0.240 e. The number of aryl methyl sites for hydroxylation is 1. The fourth-order valence-electron chi connectivity index (χ4n) is 3.61. The van der Waals surface area contributed by atoms with Crippen molar-refractivity contribution in [1.82, 2.24) is 9.62 Å². The van der Waals surface area contributed by atoms with E-state index in [0.717, 1.165) is 49.7 Å². The Morgan fingerprint density at radius 1 is 1.03 bits per heavy atom. The zero-order valence-electron chi connectivity index (χ0n) is 18.6. The van der Waals surface area contributed by atoms with Gasteiger partial charge < -0.3 is 14.4 Å². The Labute approximate surface area is 186 Å². The molecule has 3 rings (SSSR count). The van der Waals surface area contributed by atoms with Crippen molar-refractivity contribution in [2.45, 2.75) is 25.2 Å². The van der Waals surface area contributed by atoms with E-state index in [1.165, 1.54) is 5.69 Å². The molecule has 2 aromatic rings. The van der Waals surface area contributed by atoms with E-state index in [9.17, 15) is 8.42 Å². The van der Waals surface area contributed by atoms with Crippen LogP contribution in [0.15, 0.2) is 47.4 Å². The van der Waals surface area contributed by atoms with Crippen LogP contribution < -0.4 is 19.1 Å². The van der Waals surface area contributed by atoms with E-state index in [0.29, 0.717) is 19.7 Å². The lowest BCUT2D eigenvalue weighted by Gasteiger charge is -2.36. The van der Waals surface area contributed by atoms with Crippen LogP contribution >= 0.6 is 0 Å². The first kappa shape index (κ1) is 23.4. The second-order valence-electron chi connectivity index (χ2n) is 7.70. The standard InChI is InChI=1S/C23H33N3O4S/c1-4-17-30-23-10-9-22(18-19(23)2)31(27,28)24-11-12-25-13-15-26(16-14-25)20-5-7-21(29-3)8-6-20/h5-10,18,24H,4,11-17H2,1-3H3. The highest BCUT2D eigenvalue weighted by molar-refractivity contribution is 7.89. The number of methoxy groups -OCH3 is 1. The van der Waals surface area contributed by atoms with Crippen molar-refractivity contribution in [3.63, 3.8) is 0 Å². The summed E-state index contributed by atoms with van der Waals surface area (Å²) in [6.07, 6.45) is 0.912. The largest absolute Gasteiger partial charge is 0.497 e. The fraction of sp³-hybridized carbons (Fsp3) is 0.478. The van der Waals surface area contributed by atoms with Crippen molar-refractivity contribution < 1.29 is 17.9 Å². The van der Waals surface area contributed by atoms with E-state index >= 15 is 0 Å². The van der Waals surface area contributed by atoms with Gasteiger partial charge in [0, 0.05) is 45.0 Å². The summed E-state index contributed by atoms with van der Waals surface area (Å²) in [6, 6.07) is 13.1. The molecule has 2 aromatic carbocycles. The summed E-state index contributed by atoms with van der Waals surface area (Å²) in [6.45, 7) is 9.23. The molecule has 0 radical (unpaired) electrons. The molecule has 7 nitrogen and oxygen atoms in total. The maximum absolute atomic E-state index is 12.7. The van der Waals surface area contributed by atoms with Crippen molar-refractivity contribution in [2.24, 2.45) is 0 Å². The molecule has 1 N–H and O–H groups in total. The summed E-state index contributed by atoms with van der Waals surface area (Å²) in [5, 5.41) is 0. The molecule has 1 aliphatic rings. The number of sulfonamides is 1. The Kier molecular flexibility index (Phi) is 8.17. The molecule has 0 bridgehead atoms. The second kappa shape index (κ2) is 10.8. The van der Waals surface area contributed by atoms with E-state index in [2.05, 4.69) is 26.7 Å². The molecule has 8 heteroatoms. The second-order valence-corrected chi connectivity index (χ2v) is 9.47. The van der Waals surface area contributed by atoms with Gasteiger partial charge in [0.05, 0.1) is 18.6 Å². The first-order chi connectivity index (χ1) is 14.9. The number of nitrogens with one attached hydrogen (secondary N) is 1. The average molecular weight is 448 g/mol. The van der Waals surface area contributed by atoms with E-state index < -0.39 is 10.0 Å². The highest BCUT2D eigenvalue weighted by Crippen LogP contribution is 2.22. The molecule has 170 valence electrons. The fourth-order valence-corrected chi connectivity index (χ4v) is 4.71. The SMILES string of the molecule is CCCOc1ccc(S(=O)(=O)NCCN2CCN(c3ccc(OC)cc3)CC2)cc1C. The summed E-state index contributed by atoms with van der Waals surface area (Å²) in [7, 11) is -1.87. The van der Waals surface area contributed by atoms with Crippen LogP contribution in [-0.2, 0) is 10.0 Å². The smallest absolute Gasteiger partial charge is 0.240 e. The van der Waals surface area contributed by atoms with Gasteiger partial charge in [0.25, 0.3) is 0 Å². The third kappa shape index (κ3) is 6.35. The lowest BCUT2D eigenvalue weighted by Crippen LogP contribution is -2.48. The van der Waals surface area contributed by atoms with Gasteiger partial charge >= 0.3 is 0 Å². The zero-order chi connectivity index (χ0) is 22.3. The Morgan fingerprint density at radius 2 is 1.74 bits per heavy atom. The Hall–Kier alpha value is -2.29. The first-order valence-electron chi connectivity index (χ1n) is 10.8. The molecule has 1 fully saturated rings. The molecule has 31 heavy (non-hydrogen) atoms. The summed E-state index contributed by atoms with van der Waals surface area (Å²) < 4.78 is 38.9. The first-order valence-corrected chi connectivity index (χ1v) is 12.3. The van der Waals surface area contributed by atoms with Crippen LogP contribution in [0, 0.1) is 6.92 Å². The van der Waals surface area contributed by atoms with Crippen LogP contribution in [0.5, 0.6) is 11.5 Å². The molecule has 0 aliphatic carbocycles. The number of nitrogens with zero attached hydrogens (tertiary/aromatic N) is 2. The van der Waals surface area contributed by atoms with Gasteiger partial charge in [0.2, 0.25) is 10.0 Å². The minimum atomic E-state index is -3.54. The van der Waals surface area contributed by atoms with Crippen molar-refractivity contribution in [3.8, 4) is 11.5 Å². The highest BCUT2D eigenvalue weighted by Gasteiger charge is 2.19. The Balaban J connectivity index is 1.46. The minimum absolute atomic E-state index is 0.276. The van der Waals surface area contributed by atoms with Gasteiger partial charge in [-0.2, -0.15) is 0 Å². The highest BCUT2D eigenvalue weighted by atomic mass is 32.2. The van der Waals surface area contributed by atoms with Gasteiger partial charge in [-0.05, 0) is 61.4 Å². The van der Waals surface area contributed by atoms with E-state index in [4.69, 9.17) is 9.47 Å². The van der Waals surface area contributed by atoms with Crippen LogP contribution in [0.1, 0.15) is 18.9 Å². The topological polar surface area (TPSA) is 71.1 Å². The molecule has 1 aliphatic heterocycles. The van der Waals surface area contributed by atoms with Crippen molar-refractivity contribution in [3.05, 3.63) is 48.0 Å². The predicted octanol–water partition coefficient (Wildman–Crippen LogP) is 2.89. The van der Waals surface area contributed by atoms with Crippen molar-refractivity contribution >= 4 is 15.7 Å². The van der Waals surface area contributed by atoms with Gasteiger partial charge in [-0.15, -0.1) is 0 Å². The molecule has 1 saturated heterocycles. The lowest BCUT2D eigenvalue weighted by molar-refractivity contribution is 0.262. The van der Waals surface area contributed by atoms with Gasteiger partial charge in [0.1, 0.15) is 11.5 Å². The quantitative estimate of drug-likeness (QED) is 0.604. The van der Waals surface area contributed by atoms with Crippen molar-refractivity contribution in [1.29, 1.82) is 0 Å². The van der Waals surface area contributed by atoms with Crippen LogP contribution in [0.25, 0.3) is 0 Å². The van der Waals surface area contributed by atoms with E-state index in [1.54, 1.807) is 25.3 Å². The number of hydrogen-bond acceptors (Lipinski definition) is 6. The molecular weight excluding hydrogens is 414 g/mol. The molecule has 0 atom stereocenters. The number of hydrogen-bond donors (Lipinski definition) is 1. The molecule has 1 heterocycles. The summed E-state index contributed by atoms with van der Waals surface area (Å²) in [5.74, 6) is 1.59. The number of ether oxygens (including phenoxy) is 2. The number of piperazine rings is 1. The van der Waals surface area contributed by atoms with Gasteiger partial charge in [-0.25, -0.2) is 13.1 Å². The normalized spacial score (nSPS) is 15.1. The van der Waals surface area contributed by atoms with Crippen LogP contribution in [0.2, 0.25) is 0 Å². The monoisotopic (exact) mass is 447 g/mol. The average Bonchev–Trinajstić information content (AvgIpc) is 2.78. The van der Waals surface area contributed by atoms with Crippen molar-refractivity contribution in [2.75, 3.05) is 57.9 Å². The summed E-state index contributed by atoms with van der Waals surface area (Å²) in [5.41, 5.74) is 2.01. The number of benzene rings is 2. The van der Waals surface area contributed by atoms with Gasteiger partial charge in [-0.1, -0.05) is 6.92 Å². The van der Waals surface area contributed by atoms with Crippen LogP contribution in [0.3, 0.4) is 0 Å². The van der Waals surface area contributed by atoms with Gasteiger partial charge in [-0.3, -0.25) is 4.90 Å². The van der Waals surface area contributed by atoms with Crippen LogP contribution in [0.4, 0.5) is 5.69 Å². The maximum atomic E-state index is 12.7. The van der Waals surface area contributed by atoms with Gasteiger partial charge in [0.15, 0.2) is 0 Å². The lowest BCUT2D eigenvalue weighted by atomic mass is 10.2. The van der Waals surface area contributed by atoms with E-state index in [1.807, 2.05) is 26.0 Å². The summed E-state index contributed by atoms with van der Waals surface area (Å²) in [4.78, 5) is 4.90. The zero-order valence-corrected chi connectivity index (χ0v) is 19.5. The molecular formula is C23H33N3O4S. The Morgan fingerprint density at radius 3 is 2.35 bits per heavy atom. The van der Waals surface area contributed by atoms with E-state index in [-0.39, 0.29) is 4.90 Å². The minimum Gasteiger partial charge on any atom is -0.497 e. The molecule has 0 spiro atoms.